The fraction of sp³-hybridized carbons (Fsp3) is 0.125. The van der Waals surface area contributed by atoms with Gasteiger partial charge in [-0.3, -0.25) is 4.79 Å². The lowest BCUT2D eigenvalue weighted by atomic mass is 10.2. The van der Waals surface area contributed by atoms with Crippen molar-refractivity contribution in [3.8, 4) is 5.75 Å². The number of hydrogen-bond acceptors (Lipinski definition) is 5. The van der Waals surface area contributed by atoms with E-state index in [1.54, 1.807) is 0 Å². The van der Waals surface area contributed by atoms with Gasteiger partial charge in [-0.2, -0.15) is 8.78 Å². The summed E-state index contributed by atoms with van der Waals surface area (Å²) in [5.41, 5.74) is 5.92. The minimum absolute atomic E-state index is 0.0274. The molecule has 2 aromatic rings. The van der Waals surface area contributed by atoms with Gasteiger partial charge in [0.1, 0.15) is 5.75 Å². The minimum Gasteiger partial charge on any atom is -0.452 e. The number of para-hydroxylation sites is 2. The SMILES string of the molecule is Nc1cc(C(=O)OCC(=O)Nc2ccccc2OC(F)F)ccc1Cl. The van der Waals surface area contributed by atoms with Crippen molar-refractivity contribution in [1.29, 1.82) is 0 Å². The summed E-state index contributed by atoms with van der Waals surface area (Å²) in [7, 11) is 0. The van der Waals surface area contributed by atoms with E-state index < -0.39 is 25.1 Å². The number of rotatable bonds is 6. The number of alkyl halides is 2. The van der Waals surface area contributed by atoms with Crippen LogP contribution in [-0.4, -0.2) is 25.1 Å². The van der Waals surface area contributed by atoms with Crippen LogP contribution in [0.25, 0.3) is 0 Å². The number of carbonyl (C=O) groups excluding carboxylic acids is 2. The molecule has 25 heavy (non-hydrogen) atoms. The summed E-state index contributed by atoms with van der Waals surface area (Å²) in [6.07, 6.45) is 0. The number of nitrogen functional groups attached to an aromatic ring is 1. The summed E-state index contributed by atoms with van der Waals surface area (Å²) in [6.45, 7) is -3.66. The largest absolute Gasteiger partial charge is 0.452 e. The third-order valence-corrected chi connectivity index (χ3v) is 3.29. The number of halogens is 3. The Morgan fingerprint density at radius 3 is 2.60 bits per heavy atom. The zero-order valence-corrected chi connectivity index (χ0v) is 13.4. The van der Waals surface area contributed by atoms with E-state index in [-0.39, 0.29) is 27.7 Å². The molecule has 0 aliphatic heterocycles. The van der Waals surface area contributed by atoms with Crippen molar-refractivity contribution in [3.05, 3.63) is 53.1 Å². The zero-order valence-electron chi connectivity index (χ0n) is 12.7. The molecule has 0 saturated heterocycles. The normalized spacial score (nSPS) is 10.4. The van der Waals surface area contributed by atoms with Gasteiger partial charge in [0.15, 0.2) is 6.61 Å². The molecule has 6 nitrogen and oxygen atoms in total. The van der Waals surface area contributed by atoms with Gasteiger partial charge in [0, 0.05) is 0 Å². The molecule has 0 aromatic heterocycles. The van der Waals surface area contributed by atoms with Crippen LogP contribution in [0.4, 0.5) is 20.2 Å². The molecule has 0 fully saturated rings. The Labute approximate surface area is 146 Å². The first-order valence-electron chi connectivity index (χ1n) is 6.92. The van der Waals surface area contributed by atoms with Gasteiger partial charge in [-0.05, 0) is 30.3 Å². The van der Waals surface area contributed by atoms with Crippen LogP contribution < -0.4 is 15.8 Å². The average Bonchev–Trinajstić information content (AvgIpc) is 2.56. The Bertz CT molecular complexity index is 786. The highest BCUT2D eigenvalue weighted by Crippen LogP contribution is 2.25. The summed E-state index contributed by atoms with van der Waals surface area (Å²) >= 11 is 5.75. The van der Waals surface area contributed by atoms with Crippen molar-refractivity contribution >= 4 is 34.9 Å². The van der Waals surface area contributed by atoms with Crippen LogP contribution in [-0.2, 0) is 9.53 Å². The molecule has 0 radical (unpaired) electrons. The monoisotopic (exact) mass is 370 g/mol. The molecule has 0 aliphatic rings. The predicted molar refractivity (Wildman–Crippen MR) is 87.9 cm³/mol. The summed E-state index contributed by atoms with van der Waals surface area (Å²) in [6, 6.07) is 9.76. The zero-order chi connectivity index (χ0) is 18.4. The molecular weight excluding hydrogens is 358 g/mol. The van der Waals surface area contributed by atoms with Crippen LogP contribution in [0, 0.1) is 0 Å². The number of nitrogens with two attached hydrogens (primary N) is 1. The Kier molecular flexibility index (Phi) is 6.13. The van der Waals surface area contributed by atoms with E-state index in [0.29, 0.717) is 0 Å². The maximum Gasteiger partial charge on any atom is 0.387 e. The molecule has 9 heteroatoms. The van der Waals surface area contributed by atoms with Gasteiger partial charge in [0.2, 0.25) is 0 Å². The minimum atomic E-state index is -3.04. The molecule has 0 spiro atoms. The number of benzene rings is 2. The highest BCUT2D eigenvalue weighted by atomic mass is 35.5. The molecule has 2 rings (SSSR count). The molecule has 2 aromatic carbocycles. The standard InChI is InChI=1S/C16H13ClF2N2O4/c17-10-6-5-9(7-11(10)20)15(23)24-8-14(22)21-12-3-1-2-4-13(12)25-16(18)19/h1-7,16H,8,20H2,(H,21,22). The number of esters is 1. The first-order chi connectivity index (χ1) is 11.9. The van der Waals surface area contributed by atoms with Crippen molar-refractivity contribution in [2.45, 2.75) is 6.61 Å². The third kappa shape index (κ3) is 5.32. The van der Waals surface area contributed by atoms with Crippen molar-refractivity contribution in [3.63, 3.8) is 0 Å². The van der Waals surface area contributed by atoms with Gasteiger partial charge in [-0.25, -0.2) is 4.79 Å². The van der Waals surface area contributed by atoms with Crippen molar-refractivity contribution < 1.29 is 27.8 Å². The van der Waals surface area contributed by atoms with E-state index in [4.69, 9.17) is 22.1 Å². The van der Waals surface area contributed by atoms with Crippen LogP contribution in [0.15, 0.2) is 42.5 Å². The van der Waals surface area contributed by atoms with E-state index in [2.05, 4.69) is 10.1 Å². The summed E-state index contributed by atoms with van der Waals surface area (Å²) < 4.78 is 33.8. The van der Waals surface area contributed by atoms with Crippen molar-refractivity contribution in [1.82, 2.24) is 0 Å². The van der Waals surface area contributed by atoms with Gasteiger partial charge in [0.05, 0.1) is 22.0 Å². The molecule has 0 heterocycles. The molecule has 0 bridgehead atoms. The fourth-order valence-corrected chi connectivity index (χ4v) is 1.96. The van der Waals surface area contributed by atoms with E-state index in [9.17, 15) is 18.4 Å². The van der Waals surface area contributed by atoms with Gasteiger partial charge < -0.3 is 20.5 Å². The van der Waals surface area contributed by atoms with Gasteiger partial charge in [-0.1, -0.05) is 23.7 Å². The summed E-state index contributed by atoms with van der Waals surface area (Å²) in [4.78, 5) is 23.7. The number of nitrogens with one attached hydrogen (secondary N) is 1. The van der Waals surface area contributed by atoms with E-state index >= 15 is 0 Å². The van der Waals surface area contributed by atoms with Crippen LogP contribution >= 0.6 is 11.6 Å². The Balaban J connectivity index is 1.94. The highest BCUT2D eigenvalue weighted by Gasteiger charge is 2.14. The first-order valence-corrected chi connectivity index (χ1v) is 7.30. The Morgan fingerprint density at radius 2 is 1.92 bits per heavy atom. The third-order valence-electron chi connectivity index (χ3n) is 2.94. The Morgan fingerprint density at radius 1 is 1.20 bits per heavy atom. The average molecular weight is 371 g/mol. The smallest absolute Gasteiger partial charge is 0.387 e. The van der Waals surface area contributed by atoms with Crippen LogP contribution in [0.5, 0.6) is 5.75 Å². The van der Waals surface area contributed by atoms with Gasteiger partial charge >= 0.3 is 12.6 Å². The van der Waals surface area contributed by atoms with Gasteiger partial charge in [-0.15, -0.1) is 0 Å². The fourth-order valence-electron chi connectivity index (χ4n) is 1.84. The second-order valence-electron chi connectivity index (χ2n) is 4.74. The molecule has 132 valence electrons. The topological polar surface area (TPSA) is 90.7 Å². The first kappa shape index (κ1) is 18.5. The lowest BCUT2D eigenvalue weighted by Crippen LogP contribution is -2.21. The molecule has 0 atom stereocenters. The van der Waals surface area contributed by atoms with E-state index in [1.807, 2.05) is 0 Å². The lowest BCUT2D eigenvalue weighted by Gasteiger charge is -2.12. The molecule has 0 unspecified atom stereocenters. The molecule has 1 amide bonds. The molecule has 3 N–H and O–H groups in total. The van der Waals surface area contributed by atoms with Crippen LogP contribution in [0.3, 0.4) is 0 Å². The Hall–Kier alpha value is -2.87. The van der Waals surface area contributed by atoms with E-state index in [1.165, 1.54) is 42.5 Å². The maximum absolute atomic E-state index is 12.3. The number of carbonyl (C=O) groups is 2. The second-order valence-corrected chi connectivity index (χ2v) is 5.14. The molecule has 0 aliphatic carbocycles. The number of amides is 1. The second kappa shape index (κ2) is 8.29. The van der Waals surface area contributed by atoms with Crippen LogP contribution in [0.1, 0.15) is 10.4 Å². The van der Waals surface area contributed by atoms with Crippen molar-refractivity contribution in [2.24, 2.45) is 0 Å². The van der Waals surface area contributed by atoms with Gasteiger partial charge in [0.25, 0.3) is 5.91 Å². The van der Waals surface area contributed by atoms with E-state index in [0.717, 1.165) is 0 Å². The summed E-state index contributed by atoms with van der Waals surface area (Å²) in [5, 5.41) is 2.61. The van der Waals surface area contributed by atoms with Crippen LogP contribution in [0.2, 0.25) is 5.02 Å². The maximum atomic E-state index is 12.3. The lowest BCUT2D eigenvalue weighted by molar-refractivity contribution is -0.119. The quantitative estimate of drug-likeness (QED) is 0.601. The summed E-state index contributed by atoms with van der Waals surface area (Å²) in [5.74, 6) is -1.71. The number of ether oxygens (including phenoxy) is 2. The number of anilines is 2. The highest BCUT2D eigenvalue weighted by molar-refractivity contribution is 6.33. The molecular formula is C16H13ClF2N2O4. The van der Waals surface area contributed by atoms with Crippen molar-refractivity contribution in [2.75, 3.05) is 17.7 Å². The number of hydrogen-bond donors (Lipinski definition) is 2. The predicted octanol–water partition coefficient (Wildman–Crippen LogP) is 3.32. The molecule has 0 saturated carbocycles.